The van der Waals surface area contributed by atoms with E-state index in [0.717, 1.165) is 61.8 Å². The van der Waals surface area contributed by atoms with Gasteiger partial charge in [0.25, 0.3) is 5.91 Å². The predicted molar refractivity (Wildman–Crippen MR) is 152 cm³/mol. The van der Waals surface area contributed by atoms with Gasteiger partial charge in [-0.3, -0.25) is 4.79 Å². The minimum absolute atomic E-state index is 0.189. The number of anilines is 1. The van der Waals surface area contributed by atoms with Crippen LogP contribution in [0.15, 0.2) is 78.5 Å². The van der Waals surface area contributed by atoms with Crippen LogP contribution < -0.4 is 19.7 Å². The van der Waals surface area contributed by atoms with E-state index in [-0.39, 0.29) is 11.5 Å². The van der Waals surface area contributed by atoms with Gasteiger partial charge in [-0.15, -0.1) is 0 Å². The Morgan fingerprint density at radius 3 is 2.12 bits per heavy atom. The maximum atomic E-state index is 13.1. The summed E-state index contributed by atoms with van der Waals surface area (Å²) >= 11 is 0. The molecule has 0 unspecified atom stereocenters. The number of hydrogen-bond acceptors (Lipinski definition) is 6. The number of halogens is 1. The molecule has 3 aromatic rings. The minimum atomic E-state index is -0.528. The third-order valence-electron chi connectivity index (χ3n) is 6.95. The quantitative estimate of drug-likeness (QED) is 0.217. The first kappa shape index (κ1) is 27.4. The highest BCUT2D eigenvalue weighted by Crippen LogP contribution is 2.27. The molecule has 0 atom stereocenters. The van der Waals surface area contributed by atoms with Crippen LogP contribution in [-0.4, -0.2) is 68.1 Å². The van der Waals surface area contributed by atoms with Crippen molar-refractivity contribution in [1.82, 2.24) is 15.1 Å². The smallest absolute Gasteiger partial charge is 0.333 e. The number of imide groups is 1. The van der Waals surface area contributed by atoms with Crippen LogP contribution in [0.2, 0.25) is 0 Å². The van der Waals surface area contributed by atoms with E-state index in [1.807, 2.05) is 24.3 Å². The van der Waals surface area contributed by atoms with Gasteiger partial charge in [0.05, 0.1) is 12.3 Å². The molecule has 2 aliphatic heterocycles. The Morgan fingerprint density at radius 1 is 0.825 bits per heavy atom. The second kappa shape index (κ2) is 12.8. The van der Waals surface area contributed by atoms with Crippen LogP contribution in [0.5, 0.6) is 17.2 Å². The lowest BCUT2D eigenvalue weighted by Crippen LogP contribution is -2.44. The lowest BCUT2D eigenvalue weighted by atomic mass is 10.2. The number of benzene rings is 3. The van der Waals surface area contributed by atoms with Crippen molar-refractivity contribution in [2.45, 2.75) is 12.8 Å². The highest BCUT2D eigenvalue weighted by atomic mass is 19.1. The zero-order chi connectivity index (χ0) is 27.9. The lowest BCUT2D eigenvalue weighted by molar-refractivity contribution is -0.113. The molecule has 2 heterocycles. The standard InChI is InChI=1S/C31H33FN4O4/c1-34-17-19-35(20-18-34)16-2-3-21-39-26-10-4-23(5-11-26)22-29-30(37)36(31(38)33-29)25-8-14-28(15-9-25)40-27-12-6-24(32)7-13-27/h4-15,22H,2-3,16-21H2,1H3,(H,33,38). The number of piperazine rings is 1. The molecule has 3 aromatic carbocycles. The molecule has 5 rings (SSSR count). The predicted octanol–water partition coefficient (Wildman–Crippen LogP) is 5.12. The average Bonchev–Trinajstić information content (AvgIpc) is 3.24. The van der Waals surface area contributed by atoms with Crippen molar-refractivity contribution in [3.63, 3.8) is 0 Å². The van der Waals surface area contributed by atoms with Gasteiger partial charge in [0.15, 0.2) is 0 Å². The van der Waals surface area contributed by atoms with Gasteiger partial charge >= 0.3 is 6.03 Å². The minimum Gasteiger partial charge on any atom is -0.494 e. The highest BCUT2D eigenvalue weighted by Gasteiger charge is 2.34. The Morgan fingerprint density at radius 2 is 1.45 bits per heavy atom. The molecule has 0 aromatic heterocycles. The number of carbonyl (C=O) groups excluding carboxylic acids is 2. The van der Waals surface area contributed by atoms with Crippen molar-refractivity contribution < 1.29 is 23.5 Å². The number of rotatable bonds is 10. The van der Waals surface area contributed by atoms with Gasteiger partial charge in [0, 0.05) is 26.2 Å². The van der Waals surface area contributed by atoms with Crippen LogP contribution in [0.3, 0.4) is 0 Å². The number of ether oxygens (including phenoxy) is 2. The van der Waals surface area contributed by atoms with Crippen LogP contribution in [0, 0.1) is 5.82 Å². The number of nitrogens with one attached hydrogen (secondary N) is 1. The van der Waals surface area contributed by atoms with Crippen molar-refractivity contribution >= 4 is 23.7 Å². The Hall–Kier alpha value is -4.21. The summed E-state index contributed by atoms with van der Waals surface area (Å²) in [5.74, 6) is 0.950. The lowest BCUT2D eigenvalue weighted by Gasteiger charge is -2.32. The third kappa shape index (κ3) is 7.05. The first-order valence-electron chi connectivity index (χ1n) is 13.5. The number of carbonyl (C=O) groups is 2. The van der Waals surface area contributed by atoms with Gasteiger partial charge in [-0.05, 0) is 98.7 Å². The van der Waals surface area contributed by atoms with E-state index < -0.39 is 11.9 Å². The van der Waals surface area contributed by atoms with Crippen LogP contribution in [-0.2, 0) is 4.79 Å². The summed E-state index contributed by atoms with van der Waals surface area (Å²) in [5, 5.41) is 2.65. The molecule has 0 radical (unpaired) electrons. The van der Waals surface area contributed by atoms with Crippen LogP contribution in [0.25, 0.3) is 6.08 Å². The van der Waals surface area contributed by atoms with Gasteiger partial charge in [-0.25, -0.2) is 14.1 Å². The summed E-state index contributed by atoms with van der Waals surface area (Å²) in [5.41, 5.74) is 1.37. The molecule has 2 saturated heterocycles. The summed E-state index contributed by atoms with van der Waals surface area (Å²) in [4.78, 5) is 31.5. The molecular formula is C31H33FN4O4. The average molecular weight is 545 g/mol. The summed E-state index contributed by atoms with van der Waals surface area (Å²) in [7, 11) is 2.17. The summed E-state index contributed by atoms with van der Waals surface area (Å²) in [6.07, 6.45) is 3.75. The normalized spacial score (nSPS) is 17.4. The molecule has 208 valence electrons. The van der Waals surface area contributed by atoms with Crippen molar-refractivity contribution in [2.24, 2.45) is 0 Å². The van der Waals surface area contributed by atoms with Gasteiger partial charge < -0.3 is 24.6 Å². The van der Waals surface area contributed by atoms with Crippen LogP contribution >= 0.6 is 0 Å². The van der Waals surface area contributed by atoms with E-state index in [2.05, 4.69) is 22.2 Å². The molecule has 40 heavy (non-hydrogen) atoms. The van der Waals surface area contributed by atoms with E-state index in [1.54, 1.807) is 30.3 Å². The summed E-state index contributed by atoms with van der Waals surface area (Å²) in [6.45, 7) is 6.30. The van der Waals surface area contributed by atoms with Crippen LogP contribution in [0.1, 0.15) is 18.4 Å². The molecule has 2 fully saturated rings. The third-order valence-corrected chi connectivity index (χ3v) is 6.95. The van der Waals surface area contributed by atoms with E-state index in [4.69, 9.17) is 9.47 Å². The molecule has 0 saturated carbocycles. The number of urea groups is 1. The zero-order valence-corrected chi connectivity index (χ0v) is 22.5. The second-order valence-electron chi connectivity index (χ2n) is 9.95. The SMILES string of the molecule is CN1CCN(CCCCOc2ccc(C=C3NC(=O)N(c4ccc(Oc5ccc(F)cc5)cc4)C3=O)cc2)CC1. The molecule has 8 nitrogen and oxygen atoms in total. The first-order valence-corrected chi connectivity index (χ1v) is 13.5. The molecule has 2 aliphatic rings. The van der Waals surface area contributed by atoms with Crippen molar-refractivity contribution in [3.8, 4) is 17.2 Å². The van der Waals surface area contributed by atoms with E-state index >= 15 is 0 Å². The fourth-order valence-electron chi connectivity index (χ4n) is 4.60. The Kier molecular flexibility index (Phi) is 8.73. The van der Waals surface area contributed by atoms with Gasteiger partial charge in [-0.2, -0.15) is 0 Å². The Balaban J connectivity index is 1.11. The summed E-state index contributed by atoms with van der Waals surface area (Å²) < 4.78 is 24.7. The van der Waals surface area contributed by atoms with Gasteiger partial charge in [-0.1, -0.05) is 12.1 Å². The maximum absolute atomic E-state index is 13.1. The fraction of sp³-hybridized carbons (Fsp3) is 0.290. The van der Waals surface area contributed by atoms with Crippen molar-refractivity contribution in [1.29, 1.82) is 0 Å². The number of amides is 3. The topological polar surface area (TPSA) is 74.3 Å². The van der Waals surface area contributed by atoms with Crippen molar-refractivity contribution in [3.05, 3.63) is 89.9 Å². The molecule has 0 aliphatic carbocycles. The number of hydrogen-bond donors (Lipinski definition) is 1. The summed E-state index contributed by atoms with van der Waals surface area (Å²) in [6, 6.07) is 19.1. The monoisotopic (exact) mass is 544 g/mol. The maximum Gasteiger partial charge on any atom is 0.333 e. The number of unbranched alkanes of at least 4 members (excludes halogenated alkanes) is 1. The highest BCUT2D eigenvalue weighted by molar-refractivity contribution is 6.28. The van der Waals surface area contributed by atoms with E-state index in [1.165, 1.54) is 24.3 Å². The zero-order valence-electron chi connectivity index (χ0n) is 22.5. The Bertz CT molecular complexity index is 1340. The molecule has 3 amide bonds. The van der Waals surface area contributed by atoms with E-state index in [9.17, 15) is 14.0 Å². The Labute approximate surface area is 233 Å². The molecule has 0 bridgehead atoms. The van der Waals surface area contributed by atoms with Crippen LogP contribution in [0.4, 0.5) is 14.9 Å². The van der Waals surface area contributed by atoms with Gasteiger partial charge in [0.2, 0.25) is 0 Å². The molecular weight excluding hydrogens is 511 g/mol. The largest absolute Gasteiger partial charge is 0.494 e. The van der Waals surface area contributed by atoms with Gasteiger partial charge in [0.1, 0.15) is 28.8 Å². The molecule has 0 spiro atoms. The first-order chi connectivity index (χ1) is 19.4. The molecule has 9 heteroatoms. The number of nitrogens with zero attached hydrogens (tertiary/aromatic N) is 3. The molecule has 1 N–H and O–H groups in total. The number of likely N-dealkylation sites (N-methyl/N-ethyl adjacent to an activating group) is 1. The van der Waals surface area contributed by atoms with Crippen molar-refractivity contribution in [2.75, 3.05) is 51.3 Å². The second-order valence-corrected chi connectivity index (χ2v) is 9.95. The fourth-order valence-corrected chi connectivity index (χ4v) is 4.60. The van der Waals surface area contributed by atoms with E-state index in [0.29, 0.717) is 23.8 Å².